The number of hydrogen-bond acceptors (Lipinski definition) is 3. The Balaban J connectivity index is 1.86. The van der Waals surface area contributed by atoms with Crippen molar-refractivity contribution in [1.29, 1.82) is 5.26 Å². The minimum atomic E-state index is 0.544. The van der Waals surface area contributed by atoms with Gasteiger partial charge in [0.25, 0.3) is 0 Å². The summed E-state index contributed by atoms with van der Waals surface area (Å²) < 4.78 is 0. The summed E-state index contributed by atoms with van der Waals surface area (Å²) in [5.41, 5.74) is 1.77. The molecule has 126 valence electrons. The highest BCUT2D eigenvalue weighted by atomic mass is 32.1. The lowest BCUT2D eigenvalue weighted by atomic mass is 10.1. The van der Waals surface area contributed by atoms with Crippen LogP contribution in [0.2, 0.25) is 0 Å². The predicted octanol–water partition coefficient (Wildman–Crippen LogP) is 3.55. The quantitative estimate of drug-likeness (QED) is 0.598. The highest BCUT2D eigenvalue weighted by Crippen LogP contribution is 2.13. The lowest BCUT2D eigenvalue weighted by Gasteiger charge is -2.15. The van der Waals surface area contributed by atoms with Crippen LogP contribution in [0.15, 0.2) is 46.8 Å². The van der Waals surface area contributed by atoms with Crippen molar-refractivity contribution in [3.63, 3.8) is 0 Å². The summed E-state index contributed by atoms with van der Waals surface area (Å²) in [6, 6.07) is 14.0. The molecule has 4 nitrogen and oxygen atoms in total. The molecule has 1 heterocycles. The van der Waals surface area contributed by atoms with Gasteiger partial charge in [-0.05, 0) is 48.4 Å². The van der Waals surface area contributed by atoms with Crippen LogP contribution in [0.25, 0.3) is 0 Å². The zero-order chi connectivity index (χ0) is 17.2. The Bertz CT molecular complexity index is 668. The van der Waals surface area contributed by atoms with Gasteiger partial charge in [0.2, 0.25) is 0 Å². The minimum Gasteiger partial charge on any atom is -0.357 e. The van der Waals surface area contributed by atoms with E-state index in [1.807, 2.05) is 35.6 Å². The molecule has 0 bridgehead atoms. The number of nitrogens with zero attached hydrogens (tertiary/aromatic N) is 2. The van der Waals surface area contributed by atoms with Gasteiger partial charge in [-0.3, -0.25) is 0 Å². The molecule has 1 unspecified atom stereocenters. The zero-order valence-corrected chi connectivity index (χ0v) is 15.1. The summed E-state index contributed by atoms with van der Waals surface area (Å²) in [6.07, 6.45) is 1.08. The molecule has 2 aromatic rings. The van der Waals surface area contributed by atoms with Crippen LogP contribution in [-0.4, -0.2) is 19.0 Å². The highest BCUT2D eigenvalue weighted by molar-refractivity contribution is 7.09. The fourth-order valence-electron chi connectivity index (χ4n) is 2.31. The third kappa shape index (κ3) is 6.05. The first-order chi connectivity index (χ1) is 11.7. The summed E-state index contributed by atoms with van der Waals surface area (Å²) in [5, 5.41) is 17.7. The van der Waals surface area contributed by atoms with Gasteiger partial charge < -0.3 is 10.6 Å². The summed E-state index contributed by atoms with van der Waals surface area (Å²) in [6.45, 7) is 6.63. The zero-order valence-electron chi connectivity index (χ0n) is 14.2. The molecule has 0 fully saturated rings. The van der Waals surface area contributed by atoms with Gasteiger partial charge in [0, 0.05) is 18.0 Å². The van der Waals surface area contributed by atoms with Crippen molar-refractivity contribution in [2.75, 3.05) is 13.1 Å². The number of aliphatic imine (C=N–C) groups is 1. The largest absolute Gasteiger partial charge is 0.357 e. The van der Waals surface area contributed by atoms with Gasteiger partial charge in [0.1, 0.15) is 0 Å². The molecule has 5 heteroatoms. The van der Waals surface area contributed by atoms with E-state index in [4.69, 9.17) is 5.26 Å². The smallest absolute Gasteiger partial charge is 0.191 e. The number of benzene rings is 1. The summed E-state index contributed by atoms with van der Waals surface area (Å²) >= 11 is 1.81. The Hall–Kier alpha value is -2.32. The minimum absolute atomic E-state index is 0.544. The Morgan fingerprint density at radius 1 is 1.25 bits per heavy atom. The predicted molar refractivity (Wildman–Crippen MR) is 101 cm³/mol. The topological polar surface area (TPSA) is 60.2 Å². The first-order valence-corrected chi connectivity index (χ1v) is 9.12. The van der Waals surface area contributed by atoms with Gasteiger partial charge in [0.05, 0.1) is 18.2 Å². The van der Waals surface area contributed by atoms with Crippen molar-refractivity contribution in [1.82, 2.24) is 10.6 Å². The van der Waals surface area contributed by atoms with Gasteiger partial charge in [-0.1, -0.05) is 25.1 Å². The van der Waals surface area contributed by atoms with E-state index in [0.29, 0.717) is 18.0 Å². The van der Waals surface area contributed by atoms with Gasteiger partial charge in [-0.15, -0.1) is 11.3 Å². The molecule has 0 aliphatic rings. The summed E-state index contributed by atoms with van der Waals surface area (Å²) in [7, 11) is 0. The number of guanidine groups is 1. The van der Waals surface area contributed by atoms with Crippen molar-refractivity contribution in [2.45, 2.75) is 26.8 Å². The standard InChI is InChI=1S/C19H24N4S/c1-3-21-19(22-13-15(2)11-18-5-4-10-24-18)23-14-17-8-6-16(12-20)7-9-17/h4-10,15H,3,11,13-14H2,1-2H3,(H2,21,22,23). The van der Waals surface area contributed by atoms with Crippen LogP contribution in [0.1, 0.15) is 29.9 Å². The summed E-state index contributed by atoms with van der Waals surface area (Å²) in [4.78, 5) is 6.04. The molecule has 2 rings (SSSR count). The molecule has 24 heavy (non-hydrogen) atoms. The molecule has 0 spiro atoms. The van der Waals surface area contributed by atoms with Crippen molar-refractivity contribution in [3.05, 3.63) is 57.8 Å². The van der Waals surface area contributed by atoms with Crippen LogP contribution in [-0.2, 0) is 13.0 Å². The molecule has 1 aromatic carbocycles. The van der Waals surface area contributed by atoms with E-state index in [2.05, 4.69) is 53.1 Å². The van der Waals surface area contributed by atoms with Gasteiger partial charge in [0.15, 0.2) is 5.96 Å². The third-order valence-corrected chi connectivity index (χ3v) is 4.49. The molecule has 0 aliphatic heterocycles. The molecular weight excluding hydrogens is 316 g/mol. The first-order valence-electron chi connectivity index (χ1n) is 8.25. The maximum absolute atomic E-state index is 8.83. The van der Waals surface area contributed by atoms with Crippen LogP contribution in [0.3, 0.4) is 0 Å². The molecule has 1 atom stereocenters. The van der Waals surface area contributed by atoms with E-state index in [-0.39, 0.29) is 0 Å². The second-order valence-electron chi connectivity index (χ2n) is 5.77. The normalized spacial score (nSPS) is 12.5. The highest BCUT2D eigenvalue weighted by Gasteiger charge is 2.06. The van der Waals surface area contributed by atoms with E-state index < -0.39 is 0 Å². The summed E-state index contributed by atoms with van der Waals surface area (Å²) in [5.74, 6) is 1.38. The molecule has 0 saturated carbocycles. The van der Waals surface area contributed by atoms with Gasteiger partial charge >= 0.3 is 0 Å². The lowest BCUT2D eigenvalue weighted by molar-refractivity contribution is 0.562. The number of nitriles is 1. The number of thiophene rings is 1. The van der Waals surface area contributed by atoms with Crippen LogP contribution >= 0.6 is 11.3 Å². The maximum atomic E-state index is 8.83. The second-order valence-corrected chi connectivity index (χ2v) is 6.81. The van der Waals surface area contributed by atoms with E-state index in [1.54, 1.807) is 0 Å². The van der Waals surface area contributed by atoms with Crippen molar-refractivity contribution in [2.24, 2.45) is 10.9 Å². The number of nitrogens with one attached hydrogen (secondary N) is 2. The first kappa shape index (κ1) is 18.0. The second kappa shape index (κ2) is 9.74. The third-order valence-electron chi connectivity index (χ3n) is 3.59. The number of rotatable bonds is 7. The molecule has 0 aliphatic carbocycles. The molecule has 0 radical (unpaired) electrons. The van der Waals surface area contributed by atoms with Crippen molar-refractivity contribution in [3.8, 4) is 6.07 Å². The Morgan fingerprint density at radius 2 is 2.04 bits per heavy atom. The Labute approximate surface area is 148 Å². The van der Waals surface area contributed by atoms with Crippen LogP contribution < -0.4 is 10.6 Å². The van der Waals surface area contributed by atoms with E-state index >= 15 is 0 Å². The Kier molecular flexibility index (Phi) is 7.31. The van der Waals surface area contributed by atoms with E-state index in [9.17, 15) is 0 Å². The maximum Gasteiger partial charge on any atom is 0.191 e. The molecular formula is C19H24N4S. The van der Waals surface area contributed by atoms with Crippen LogP contribution in [0.5, 0.6) is 0 Å². The van der Waals surface area contributed by atoms with E-state index in [0.717, 1.165) is 31.0 Å². The number of hydrogen-bond donors (Lipinski definition) is 2. The average molecular weight is 340 g/mol. The van der Waals surface area contributed by atoms with Gasteiger partial charge in [-0.25, -0.2) is 4.99 Å². The lowest BCUT2D eigenvalue weighted by Crippen LogP contribution is -2.39. The van der Waals surface area contributed by atoms with E-state index in [1.165, 1.54) is 4.88 Å². The molecule has 1 aromatic heterocycles. The van der Waals surface area contributed by atoms with Crippen LogP contribution in [0.4, 0.5) is 0 Å². The van der Waals surface area contributed by atoms with Crippen LogP contribution in [0, 0.1) is 17.2 Å². The fraction of sp³-hybridized carbons (Fsp3) is 0.368. The van der Waals surface area contributed by atoms with Crippen molar-refractivity contribution < 1.29 is 0 Å². The Morgan fingerprint density at radius 3 is 2.67 bits per heavy atom. The fourth-order valence-corrected chi connectivity index (χ4v) is 3.18. The van der Waals surface area contributed by atoms with Gasteiger partial charge in [-0.2, -0.15) is 5.26 Å². The molecule has 0 saturated heterocycles. The monoisotopic (exact) mass is 340 g/mol. The van der Waals surface area contributed by atoms with Crippen molar-refractivity contribution >= 4 is 17.3 Å². The average Bonchev–Trinajstić information content (AvgIpc) is 3.10. The SMILES string of the molecule is CCNC(=NCc1ccc(C#N)cc1)NCC(C)Cc1cccs1. The molecule has 0 amide bonds. The molecule has 2 N–H and O–H groups in total.